The Morgan fingerprint density at radius 2 is 2.00 bits per heavy atom. The lowest BCUT2D eigenvalue weighted by Gasteiger charge is -2.27. The van der Waals surface area contributed by atoms with Crippen molar-refractivity contribution in [3.05, 3.63) is 0 Å². The van der Waals surface area contributed by atoms with Gasteiger partial charge in [0.05, 0.1) is 12.2 Å². The van der Waals surface area contributed by atoms with Crippen LogP contribution in [-0.2, 0) is 4.74 Å². The monoisotopic (exact) mass is 146 g/mol. The molecule has 0 aliphatic carbocycles. The maximum Gasteiger partial charge on any atom is 0.0882 e. The zero-order chi connectivity index (χ0) is 8.20. The Kier molecular flexibility index (Phi) is 3.91. The molecule has 1 unspecified atom stereocenters. The minimum absolute atomic E-state index is 0.0989. The summed E-state index contributed by atoms with van der Waals surface area (Å²) in [6.07, 6.45) is 0.903. The van der Waals surface area contributed by atoms with E-state index in [9.17, 15) is 0 Å². The Bertz CT molecular complexity index is 85.3. The number of hydrogen-bond acceptors (Lipinski definition) is 2. The SMILES string of the molecule is COC(C)(CO)CC(C)C. The molecule has 0 aromatic heterocycles. The number of rotatable bonds is 4. The predicted molar refractivity (Wildman–Crippen MR) is 42.0 cm³/mol. The molecular weight excluding hydrogens is 128 g/mol. The first-order valence-corrected chi connectivity index (χ1v) is 3.70. The highest BCUT2D eigenvalue weighted by molar-refractivity contribution is 4.74. The van der Waals surface area contributed by atoms with Gasteiger partial charge in [0.25, 0.3) is 0 Å². The quantitative estimate of drug-likeness (QED) is 0.650. The molecule has 0 aromatic carbocycles. The molecule has 2 heteroatoms. The molecule has 62 valence electrons. The van der Waals surface area contributed by atoms with E-state index in [1.807, 2.05) is 6.92 Å². The van der Waals surface area contributed by atoms with Crippen LogP contribution in [0.4, 0.5) is 0 Å². The third-order valence-corrected chi connectivity index (χ3v) is 1.67. The maximum atomic E-state index is 8.91. The lowest BCUT2D eigenvalue weighted by atomic mass is 9.95. The minimum atomic E-state index is -0.339. The number of aliphatic hydroxyl groups is 1. The molecule has 0 fully saturated rings. The average Bonchev–Trinajstić information content (AvgIpc) is 1.87. The van der Waals surface area contributed by atoms with Gasteiger partial charge in [0.1, 0.15) is 0 Å². The van der Waals surface area contributed by atoms with Crippen molar-refractivity contribution in [2.75, 3.05) is 13.7 Å². The fourth-order valence-electron chi connectivity index (χ4n) is 1.08. The van der Waals surface area contributed by atoms with E-state index in [0.717, 1.165) is 6.42 Å². The first kappa shape index (κ1) is 9.92. The van der Waals surface area contributed by atoms with Gasteiger partial charge in [0.2, 0.25) is 0 Å². The van der Waals surface area contributed by atoms with Gasteiger partial charge in [-0.25, -0.2) is 0 Å². The van der Waals surface area contributed by atoms with Crippen LogP contribution in [0.25, 0.3) is 0 Å². The van der Waals surface area contributed by atoms with Crippen LogP contribution < -0.4 is 0 Å². The highest BCUT2D eigenvalue weighted by atomic mass is 16.5. The molecule has 0 aliphatic heterocycles. The van der Waals surface area contributed by atoms with Gasteiger partial charge in [-0.3, -0.25) is 0 Å². The molecular formula is C8H18O2. The van der Waals surface area contributed by atoms with Gasteiger partial charge >= 0.3 is 0 Å². The van der Waals surface area contributed by atoms with Crippen LogP contribution in [0, 0.1) is 5.92 Å². The van der Waals surface area contributed by atoms with Crippen LogP contribution in [-0.4, -0.2) is 24.4 Å². The molecule has 0 saturated heterocycles. The standard InChI is InChI=1S/C8H18O2/c1-7(2)5-8(3,6-9)10-4/h7,9H,5-6H2,1-4H3. The number of hydrogen-bond donors (Lipinski definition) is 1. The number of methoxy groups -OCH3 is 1. The van der Waals surface area contributed by atoms with E-state index in [-0.39, 0.29) is 12.2 Å². The topological polar surface area (TPSA) is 29.5 Å². The fraction of sp³-hybridized carbons (Fsp3) is 1.00. The largest absolute Gasteiger partial charge is 0.393 e. The molecule has 0 bridgehead atoms. The van der Waals surface area contributed by atoms with E-state index in [0.29, 0.717) is 5.92 Å². The van der Waals surface area contributed by atoms with Gasteiger partial charge in [0, 0.05) is 7.11 Å². The van der Waals surface area contributed by atoms with Crippen LogP contribution in [0.3, 0.4) is 0 Å². The average molecular weight is 146 g/mol. The Labute approximate surface area is 63.2 Å². The third-order valence-electron chi connectivity index (χ3n) is 1.67. The van der Waals surface area contributed by atoms with Crippen LogP contribution in [0.1, 0.15) is 27.2 Å². The van der Waals surface area contributed by atoms with Crippen molar-refractivity contribution in [2.24, 2.45) is 5.92 Å². The van der Waals surface area contributed by atoms with Gasteiger partial charge < -0.3 is 9.84 Å². The molecule has 0 rings (SSSR count). The van der Waals surface area contributed by atoms with E-state index >= 15 is 0 Å². The molecule has 10 heavy (non-hydrogen) atoms. The Morgan fingerprint density at radius 3 is 2.10 bits per heavy atom. The molecule has 0 radical (unpaired) electrons. The van der Waals surface area contributed by atoms with Gasteiger partial charge in [-0.15, -0.1) is 0 Å². The van der Waals surface area contributed by atoms with Gasteiger partial charge in [-0.1, -0.05) is 13.8 Å². The molecule has 2 nitrogen and oxygen atoms in total. The summed E-state index contributed by atoms with van der Waals surface area (Å²) in [6.45, 7) is 6.26. The van der Waals surface area contributed by atoms with E-state index in [1.165, 1.54) is 0 Å². The summed E-state index contributed by atoms with van der Waals surface area (Å²) < 4.78 is 5.15. The second-order valence-electron chi connectivity index (χ2n) is 3.41. The first-order chi connectivity index (χ1) is 4.54. The summed E-state index contributed by atoms with van der Waals surface area (Å²) in [5.74, 6) is 0.567. The zero-order valence-corrected chi connectivity index (χ0v) is 7.35. The third kappa shape index (κ3) is 3.18. The smallest absolute Gasteiger partial charge is 0.0882 e. The Morgan fingerprint density at radius 1 is 1.50 bits per heavy atom. The number of ether oxygens (including phenoxy) is 1. The lowest BCUT2D eigenvalue weighted by Crippen LogP contribution is -2.33. The minimum Gasteiger partial charge on any atom is -0.393 e. The van der Waals surface area contributed by atoms with Crippen LogP contribution in [0.5, 0.6) is 0 Å². The van der Waals surface area contributed by atoms with Crippen molar-refractivity contribution in [1.82, 2.24) is 0 Å². The summed E-state index contributed by atoms with van der Waals surface area (Å²) in [4.78, 5) is 0. The van der Waals surface area contributed by atoms with E-state index < -0.39 is 0 Å². The van der Waals surface area contributed by atoms with Crippen LogP contribution >= 0.6 is 0 Å². The summed E-state index contributed by atoms with van der Waals surface area (Å²) in [6, 6.07) is 0. The molecule has 0 amide bonds. The van der Waals surface area contributed by atoms with E-state index in [1.54, 1.807) is 7.11 Å². The van der Waals surface area contributed by atoms with Gasteiger partial charge in [-0.05, 0) is 19.3 Å². The second-order valence-corrected chi connectivity index (χ2v) is 3.41. The molecule has 0 aromatic rings. The van der Waals surface area contributed by atoms with Crippen molar-refractivity contribution in [1.29, 1.82) is 0 Å². The van der Waals surface area contributed by atoms with Crippen LogP contribution in [0.2, 0.25) is 0 Å². The second kappa shape index (κ2) is 3.94. The van der Waals surface area contributed by atoms with Crippen molar-refractivity contribution in [3.63, 3.8) is 0 Å². The van der Waals surface area contributed by atoms with Crippen molar-refractivity contribution in [2.45, 2.75) is 32.8 Å². The predicted octanol–water partition coefficient (Wildman–Crippen LogP) is 1.43. The first-order valence-electron chi connectivity index (χ1n) is 3.70. The van der Waals surface area contributed by atoms with Gasteiger partial charge in [-0.2, -0.15) is 0 Å². The van der Waals surface area contributed by atoms with Crippen molar-refractivity contribution < 1.29 is 9.84 Å². The molecule has 0 saturated carbocycles. The zero-order valence-electron chi connectivity index (χ0n) is 7.35. The summed E-state index contributed by atoms with van der Waals surface area (Å²) >= 11 is 0. The molecule has 1 N–H and O–H groups in total. The molecule has 0 aliphatic rings. The molecule has 1 atom stereocenters. The number of aliphatic hydroxyl groups excluding tert-OH is 1. The highest BCUT2D eigenvalue weighted by Crippen LogP contribution is 2.18. The molecule has 0 heterocycles. The summed E-state index contributed by atoms with van der Waals surface area (Å²) in [7, 11) is 1.64. The summed E-state index contributed by atoms with van der Waals surface area (Å²) in [5.41, 5.74) is -0.339. The lowest BCUT2D eigenvalue weighted by molar-refractivity contribution is -0.0508. The highest BCUT2D eigenvalue weighted by Gasteiger charge is 2.23. The maximum absolute atomic E-state index is 8.91. The Balaban J connectivity index is 3.80. The summed E-state index contributed by atoms with van der Waals surface area (Å²) in [5, 5.41) is 8.91. The normalized spacial score (nSPS) is 17.4. The van der Waals surface area contributed by atoms with Crippen LogP contribution in [0.15, 0.2) is 0 Å². The van der Waals surface area contributed by atoms with E-state index in [2.05, 4.69) is 13.8 Å². The van der Waals surface area contributed by atoms with Gasteiger partial charge in [0.15, 0.2) is 0 Å². The fourth-order valence-corrected chi connectivity index (χ4v) is 1.08. The molecule has 0 spiro atoms. The van der Waals surface area contributed by atoms with Crippen molar-refractivity contribution in [3.8, 4) is 0 Å². The van der Waals surface area contributed by atoms with Crippen molar-refractivity contribution >= 4 is 0 Å². The van der Waals surface area contributed by atoms with E-state index in [4.69, 9.17) is 9.84 Å². The Hall–Kier alpha value is -0.0800.